The lowest BCUT2D eigenvalue weighted by Gasteiger charge is -2.27. The normalized spacial score (nSPS) is 15.2. The quantitative estimate of drug-likeness (QED) is 0.768. The van der Waals surface area contributed by atoms with Crippen LogP contribution in [-0.4, -0.2) is 37.1 Å². The molecule has 3 rings (SSSR count). The molecular weight excluding hydrogens is 367 g/mol. The minimum atomic E-state index is -0.456. The molecule has 1 fully saturated rings. The van der Waals surface area contributed by atoms with Gasteiger partial charge in [-0.3, -0.25) is 9.69 Å². The average Bonchev–Trinajstić information content (AvgIpc) is 2.68. The zero-order valence-corrected chi connectivity index (χ0v) is 15.7. The van der Waals surface area contributed by atoms with Crippen LogP contribution in [0.4, 0.5) is 4.39 Å². The van der Waals surface area contributed by atoms with Gasteiger partial charge < -0.3 is 10.1 Å². The number of carbonyl (C=O) groups is 1. The van der Waals surface area contributed by atoms with Crippen LogP contribution in [0.25, 0.3) is 6.08 Å². The second-order valence-corrected chi connectivity index (χ2v) is 6.75. The van der Waals surface area contributed by atoms with Gasteiger partial charge in [0, 0.05) is 37.8 Å². The molecule has 1 aliphatic heterocycles. The Bertz CT molecular complexity index is 799. The minimum absolute atomic E-state index is 0.210. The molecule has 0 radical (unpaired) electrons. The molecule has 142 valence electrons. The van der Waals surface area contributed by atoms with E-state index in [1.807, 2.05) is 18.2 Å². The molecule has 1 saturated heterocycles. The van der Waals surface area contributed by atoms with E-state index < -0.39 is 5.82 Å². The van der Waals surface area contributed by atoms with Crippen LogP contribution in [-0.2, 0) is 22.6 Å². The van der Waals surface area contributed by atoms with Crippen LogP contribution in [0.2, 0.25) is 5.02 Å². The van der Waals surface area contributed by atoms with E-state index in [0.29, 0.717) is 6.54 Å². The van der Waals surface area contributed by atoms with Crippen LogP contribution < -0.4 is 5.32 Å². The summed E-state index contributed by atoms with van der Waals surface area (Å²) >= 11 is 5.96. The maximum absolute atomic E-state index is 13.7. The first-order chi connectivity index (χ1) is 13.1. The third kappa shape index (κ3) is 5.63. The van der Waals surface area contributed by atoms with Crippen molar-refractivity contribution in [1.29, 1.82) is 0 Å². The summed E-state index contributed by atoms with van der Waals surface area (Å²) in [6, 6.07) is 12.5. The molecular formula is C21H22ClFN2O2. The standard InChI is InChI=1S/C21H22ClFN2O2/c22-19-6-3-7-20(23)18(19)8-9-21(26)24-14-16-4-1-2-5-17(16)15-25-10-12-27-13-11-25/h1-9H,10-15H2,(H,24,26)/b9-8+. The molecule has 0 aliphatic carbocycles. The minimum Gasteiger partial charge on any atom is -0.379 e. The molecule has 1 aliphatic rings. The first-order valence-electron chi connectivity index (χ1n) is 8.90. The zero-order chi connectivity index (χ0) is 19.1. The second-order valence-electron chi connectivity index (χ2n) is 6.34. The monoisotopic (exact) mass is 388 g/mol. The Hall–Kier alpha value is -2.21. The lowest BCUT2D eigenvalue weighted by Crippen LogP contribution is -2.36. The van der Waals surface area contributed by atoms with E-state index in [9.17, 15) is 9.18 Å². The van der Waals surface area contributed by atoms with Crippen LogP contribution in [0.3, 0.4) is 0 Å². The largest absolute Gasteiger partial charge is 0.379 e. The zero-order valence-electron chi connectivity index (χ0n) is 15.0. The Morgan fingerprint density at radius 1 is 1.15 bits per heavy atom. The number of amides is 1. The van der Waals surface area contributed by atoms with Crippen LogP contribution in [0, 0.1) is 5.82 Å². The van der Waals surface area contributed by atoms with Gasteiger partial charge in [0.1, 0.15) is 5.82 Å². The molecule has 0 bridgehead atoms. The number of hydrogen-bond donors (Lipinski definition) is 1. The number of morpholine rings is 1. The van der Waals surface area contributed by atoms with Crippen molar-refractivity contribution in [2.75, 3.05) is 26.3 Å². The molecule has 2 aromatic carbocycles. The van der Waals surface area contributed by atoms with Gasteiger partial charge in [0.2, 0.25) is 5.91 Å². The lowest BCUT2D eigenvalue weighted by molar-refractivity contribution is -0.116. The molecule has 4 nitrogen and oxygen atoms in total. The Balaban J connectivity index is 1.59. The predicted molar refractivity (Wildman–Crippen MR) is 105 cm³/mol. The Morgan fingerprint density at radius 3 is 2.63 bits per heavy atom. The Labute approximate surface area is 163 Å². The third-order valence-electron chi connectivity index (χ3n) is 4.47. The Kier molecular flexibility index (Phi) is 6.98. The smallest absolute Gasteiger partial charge is 0.244 e. The number of carbonyl (C=O) groups excluding carboxylic acids is 1. The maximum Gasteiger partial charge on any atom is 0.244 e. The van der Waals surface area contributed by atoms with E-state index in [1.165, 1.54) is 29.8 Å². The van der Waals surface area contributed by atoms with Crippen LogP contribution in [0.15, 0.2) is 48.5 Å². The van der Waals surface area contributed by atoms with E-state index in [2.05, 4.69) is 16.3 Å². The molecule has 0 atom stereocenters. The average molecular weight is 389 g/mol. The van der Waals surface area contributed by atoms with E-state index >= 15 is 0 Å². The number of hydrogen-bond acceptors (Lipinski definition) is 3. The number of ether oxygens (including phenoxy) is 1. The molecule has 2 aromatic rings. The van der Waals surface area contributed by atoms with Gasteiger partial charge in [-0.15, -0.1) is 0 Å². The van der Waals surface area contributed by atoms with Gasteiger partial charge in [0.25, 0.3) is 0 Å². The summed E-state index contributed by atoms with van der Waals surface area (Å²) in [6.07, 6.45) is 2.70. The molecule has 1 N–H and O–H groups in total. The number of nitrogens with zero attached hydrogens (tertiary/aromatic N) is 1. The van der Waals surface area contributed by atoms with Crippen molar-refractivity contribution in [3.8, 4) is 0 Å². The highest BCUT2D eigenvalue weighted by molar-refractivity contribution is 6.32. The van der Waals surface area contributed by atoms with Gasteiger partial charge in [-0.25, -0.2) is 4.39 Å². The fourth-order valence-electron chi connectivity index (χ4n) is 2.95. The highest BCUT2D eigenvalue weighted by Gasteiger charge is 2.13. The summed E-state index contributed by atoms with van der Waals surface area (Å²) in [5.41, 5.74) is 2.46. The topological polar surface area (TPSA) is 41.6 Å². The van der Waals surface area contributed by atoms with Gasteiger partial charge >= 0.3 is 0 Å². The van der Waals surface area contributed by atoms with Crippen LogP contribution >= 0.6 is 11.6 Å². The SMILES string of the molecule is O=C(/C=C/c1c(F)cccc1Cl)NCc1ccccc1CN1CCOCC1. The predicted octanol–water partition coefficient (Wildman–Crippen LogP) is 3.64. The first-order valence-corrected chi connectivity index (χ1v) is 9.28. The molecule has 0 saturated carbocycles. The maximum atomic E-state index is 13.7. The number of rotatable bonds is 6. The lowest BCUT2D eigenvalue weighted by atomic mass is 10.1. The Morgan fingerprint density at radius 2 is 1.89 bits per heavy atom. The molecule has 0 aromatic heterocycles. The van der Waals surface area contributed by atoms with E-state index in [4.69, 9.17) is 16.3 Å². The van der Waals surface area contributed by atoms with Gasteiger partial charge in [0.15, 0.2) is 0 Å². The molecule has 27 heavy (non-hydrogen) atoms. The van der Waals surface area contributed by atoms with Gasteiger partial charge in [-0.2, -0.15) is 0 Å². The molecule has 1 heterocycles. The van der Waals surface area contributed by atoms with Crippen molar-refractivity contribution < 1.29 is 13.9 Å². The van der Waals surface area contributed by atoms with Crippen molar-refractivity contribution in [3.05, 3.63) is 76.1 Å². The van der Waals surface area contributed by atoms with Crippen LogP contribution in [0.5, 0.6) is 0 Å². The van der Waals surface area contributed by atoms with Gasteiger partial charge in [0.05, 0.1) is 18.2 Å². The fourth-order valence-corrected chi connectivity index (χ4v) is 3.18. The molecule has 0 spiro atoms. The summed E-state index contributed by atoms with van der Waals surface area (Å²) in [5.74, 6) is -0.752. The number of benzene rings is 2. The summed E-state index contributed by atoms with van der Waals surface area (Å²) in [6.45, 7) is 4.56. The van der Waals surface area contributed by atoms with Gasteiger partial charge in [-0.05, 0) is 29.3 Å². The van der Waals surface area contributed by atoms with Crippen molar-refractivity contribution >= 4 is 23.6 Å². The number of nitrogens with one attached hydrogen (secondary N) is 1. The molecule has 1 amide bonds. The highest BCUT2D eigenvalue weighted by Crippen LogP contribution is 2.20. The number of halogens is 2. The van der Waals surface area contributed by atoms with Crippen molar-refractivity contribution in [2.45, 2.75) is 13.1 Å². The van der Waals surface area contributed by atoms with Crippen molar-refractivity contribution in [2.24, 2.45) is 0 Å². The molecule has 6 heteroatoms. The van der Waals surface area contributed by atoms with E-state index in [-0.39, 0.29) is 16.5 Å². The van der Waals surface area contributed by atoms with Crippen LogP contribution in [0.1, 0.15) is 16.7 Å². The fraction of sp³-hybridized carbons (Fsp3) is 0.286. The van der Waals surface area contributed by atoms with Gasteiger partial charge in [-0.1, -0.05) is 41.9 Å². The molecule has 0 unspecified atom stereocenters. The first kappa shape index (κ1) is 19.5. The van der Waals surface area contributed by atoms with Crippen molar-refractivity contribution in [3.63, 3.8) is 0 Å². The summed E-state index contributed by atoms with van der Waals surface area (Å²) in [7, 11) is 0. The van der Waals surface area contributed by atoms with Crippen molar-refractivity contribution in [1.82, 2.24) is 10.2 Å². The second kappa shape index (κ2) is 9.65. The highest BCUT2D eigenvalue weighted by atomic mass is 35.5. The summed E-state index contributed by atoms with van der Waals surface area (Å²) in [4.78, 5) is 14.5. The summed E-state index contributed by atoms with van der Waals surface area (Å²) in [5, 5.41) is 3.12. The van der Waals surface area contributed by atoms with E-state index in [0.717, 1.165) is 38.4 Å². The van der Waals surface area contributed by atoms with E-state index in [1.54, 1.807) is 6.07 Å². The third-order valence-corrected chi connectivity index (χ3v) is 4.80. The summed E-state index contributed by atoms with van der Waals surface area (Å²) < 4.78 is 19.1.